The van der Waals surface area contributed by atoms with Crippen molar-refractivity contribution >= 4 is 5.91 Å². The average Bonchev–Trinajstić information content (AvgIpc) is 2.31. The van der Waals surface area contributed by atoms with Crippen LogP contribution in [0.25, 0.3) is 5.32 Å². The van der Waals surface area contributed by atoms with Crippen molar-refractivity contribution in [1.29, 1.82) is 0 Å². The standard InChI is InChI=1S/C10H21N2O2.C2H6.Y/c1-11-9-10(13)12(2)7-5-4-6-8-14-3;1-2;/h4-9H2,1-3H3;1-2H3;/q-1;;. The molecule has 0 unspecified atom stereocenters. The molecule has 0 bridgehead atoms. The van der Waals surface area contributed by atoms with Gasteiger partial charge in [-0.25, -0.2) is 0 Å². The fourth-order valence-corrected chi connectivity index (χ4v) is 1.15. The molecular formula is C12H27N2O2Y-. The van der Waals surface area contributed by atoms with Gasteiger partial charge in [-0.3, -0.25) is 4.79 Å². The van der Waals surface area contributed by atoms with Crippen LogP contribution in [0.15, 0.2) is 0 Å². The normalized spacial score (nSPS) is 8.76. The zero-order chi connectivity index (χ0) is 12.8. The quantitative estimate of drug-likeness (QED) is 0.644. The molecule has 0 spiro atoms. The molecule has 0 N–H and O–H groups in total. The Bertz CT molecular complexity index is 157. The maximum atomic E-state index is 11.3. The molecule has 5 heteroatoms. The number of ether oxygens (including phenoxy) is 1. The first kappa shape index (κ1) is 22.7. The number of unbranched alkanes of at least 4 members (excludes halogenated alkanes) is 2. The number of amides is 1. The number of likely N-dealkylation sites (N-methyl/N-ethyl adjacent to an activating group) is 2. The average molecular weight is 320 g/mol. The molecule has 0 aromatic rings. The fourth-order valence-electron chi connectivity index (χ4n) is 1.15. The molecule has 0 aromatic heterocycles. The monoisotopic (exact) mass is 320 g/mol. The SMILES string of the molecule is CC.C[N-]CC(=O)N(C)CCCCCOC.[Y]. The molecular weight excluding hydrogens is 293 g/mol. The van der Waals surface area contributed by atoms with Gasteiger partial charge in [-0.2, -0.15) is 7.05 Å². The predicted molar refractivity (Wildman–Crippen MR) is 68.9 cm³/mol. The number of carbonyl (C=O) groups is 1. The second kappa shape index (κ2) is 18.8. The third-order valence-electron chi connectivity index (χ3n) is 2.06. The minimum atomic E-state index is 0. The Balaban J connectivity index is -0.000000616. The van der Waals surface area contributed by atoms with E-state index in [0.717, 1.165) is 32.4 Å². The first-order valence-corrected chi connectivity index (χ1v) is 6.01. The Kier molecular flexibility index (Phi) is 25.1. The van der Waals surface area contributed by atoms with Gasteiger partial charge in [0.25, 0.3) is 0 Å². The molecule has 0 aromatic carbocycles. The Morgan fingerprint density at radius 3 is 2.29 bits per heavy atom. The molecule has 0 aliphatic rings. The van der Waals surface area contributed by atoms with E-state index in [1.165, 1.54) is 0 Å². The second-order valence-corrected chi connectivity index (χ2v) is 3.34. The summed E-state index contributed by atoms with van der Waals surface area (Å²) >= 11 is 0. The van der Waals surface area contributed by atoms with Crippen LogP contribution in [0.5, 0.6) is 0 Å². The van der Waals surface area contributed by atoms with Crippen LogP contribution in [-0.2, 0) is 42.2 Å². The largest absolute Gasteiger partial charge is 0.657 e. The predicted octanol–water partition coefficient (Wildman–Crippen LogP) is 2.29. The third-order valence-corrected chi connectivity index (χ3v) is 2.06. The van der Waals surface area contributed by atoms with Crippen LogP contribution in [0, 0.1) is 0 Å². The van der Waals surface area contributed by atoms with Crippen LogP contribution in [0.2, 0.25) is 0 Å². The van der Waals surface area contributed by atoms with Crippen LogP contribution in [0.3, 0.4) is 0 Å². The molecule has 1 amide bonds. The number of nitrogens with zero attached hydrogens (tertiary/aromatic N) is 2. The Morgan fingerprint density at radius 2 is 1.82 bits per heavy atom. The van der Waals surface area contributed by atoms with E-state index in [4.69, 9.17) is 4.74 Å². The van der Waals surface area contributed by atoms with Crippen LogP contribution in [-0.4, -0.2) is 51.7 Å². The van der Waals surface area contributed by atoms with Gasteiger partial charge in [-0.05, 0) is 19.3 Å². The minimum absolute atomic E-state index is 0. The van der Waals surface area contributed by atoms with Crippen LogP contribution in [0.1, 0.15) is 33.1 Å². The number of methoxy groups -OCH3 is 1. The zero-order valence-corrected chi connectivity index (χ0v) is 14.9. The van der Waals surface area contributed by atoms with Gasteiger partial charge in [0, 0.05) is 60.0 Å². The van der Waals surface area contributed by atoms with Crippen molar-refractivity contribution < 1.29 is 42.2 Å². The number of hydrogen-bond acceptors (Lipinski definition) is 2. The minimum Gasteiger partial charge on any atom is -0.657 e. The number of hydrogen-bond donors (Lipinski definition) is 0. The summed E-state index contributed by atoms with van der Waals surface area (Å²) in [4.78, 5) is 13.0. The Morgan fingerprint density at radius 1 is 1.24 bits per heavy atom. The summed E-state index contributed by atoms with van der Waals surface area (Å²) in [6, 6.07) is 0. The zero-order valence-electron chi connectivity index (χ0n) is 12.0. The fraction of sp³-hybridized carbons (Fsp3) is 0.917. The van der Waals surface area contributed by atoms with Gasteiger partial charge in [-0.1, -0.05) is 20.4 Å². The molecule has 101 valence electrons. The molecule has 0 heterocycles. The van der Waals surface area contributed by atoms with E-state index in [2.05, 4.69) is 5.32 Å². The van der Waals surface area contributed by atoms with Crippen molar-refractivity contribution in [1.82, 2.24) is 4.90 Å². The molecule has 0 saturated carbocycles. The summed E-state index contributed by atoms with van der Waals surface area (Å²) in [6.45, 7) is 5.93. The van der Waals surface area contributed by atoms with E-state index in [1.54, 1.807) is 19.1 Å². The smallest absolute Gasteiger partial charge is 0.201 e. The summed E-state index contributed by atoms with van der Waals surface area (Å²) in [5.41, 5.74) is 0. The maximum absolute atomic E-state index is 11.3. The van der Waals surface area contributed by atoms with Gasteiger partial charge in [0.1, 0.15) is 0 Å². The summed E-state index contributed by atoms with van der Waals surface area (Å²) in [6.07, 6.45) is 3.21. The Hall–Kier alpha value is 0.494. The van der Waals surface area contributed by atoms with Crippen molar-refractivity contribution in [3.05, 3.63) is 5.32 Å². The number of carbonyl (C=O) groups excluding carboxylic acids is 1. The topological polar surface area (TPSA) is 43.6 Å². The van der Waals surface area contributed by atoms with Crippen molar-refractivity contribution in [2.75, 3.05) is 40.9 Å². The van der Waals surface area contributed by atoms with Gasteiger partial charge in [0.05, 0.1) is 0 Å². The maximum Gasteiger partial charge on any atom is 0.201 e. The van der Waals surface area contributed by atoms with Crippen LogP contribution < -0.4 is 0 Å². The molecule has 0 fully saturated rings. The molecule has 0 aliphatic heterocycles. The summed E-state index contributed by atoms with van der Waals surface area (Å²) < 4.78 is 4.94. The van der Waals surface area contributed by atoms with E-state index in [0.29, 0.717) is 6.54 Å². The van der Waals surface area contributed by atoms with Gasteiger partial charge in [0.2, 0.25) is 5.91 Å². The molecule has 0 rings (SSSR count). The van der Waals surface area contributed by atoms with Crippen molar-refractivity contribution in [2.45, 2.75) is 33.1 Å². The summed E-state index contributed by atoms with van der Waals surface area (Å²) in [5, 5.41) is 3.80. The molecule has 0 aliphatic carbocycles. The van der Waals surface area contributed by atoms with Gasteiger partial charge in [-0.15, -0.1) is 0 Å². The van der Waals surface area contributed by atoms with Gasteiger partial charge in [0.15, 0.2) is 0 Å². The van der Waals surface area contributed by atoms with E-state index in [-0.39, 0.29) is 38.6 Å². The molecule has 4 nitrogen and oxygen atoms in total. The third kappa shape index (κ3) is 16.5. The molecule has 17 heavy (non-hydrogen) atoms. The van der Waals surface area contributed by atoms with Gasteiger partial charge < -0.3 is 15.0 Å². The van der Waals surface area contributed by atoms with Crippen molar-refractivity contribution in [3.8, 4) is 0 Å². The van der Waals surface area contributed by atoms with Crippen molar-refractivity contribution in [2.24, 2.45) is 0 Å². The van der Waals surface area contributed by atoms with E-state index >= 15 is 0 Å². The van der Waals surface area contributed by atoms with Crippen LogP contribution >= 0.6 is 0 Å². The van der Waals surface area contributed by atoms with E-state index in [1.807, 2.05) is 20.9 Å². The van der Waals surface area contributed by atoms with Gasteiger partial charge >= 0.3 is 0 Å². The van der Waals surface area contributed by atoms with E-state index in [9.17, 15) is 4.79 Å². The van der Waals surface area contributed by atoms with Crippen LogP contribution in [0.4, 0.5) is 0 Å². The Labute approximate surface area is 132 Å². The van der Waals surface area contributed by atoms with E-state index < -0.39 is 0 Å². The first-order valence-electron chi connectivity index (χ1n) is 6.01. The van der Waals surface area contributed by atoms with Crippen molar-refractivity contribution in [3.63, 3.8) is 0 Å². The summed E-state index contributed by atoms with van der Waals surface area (Å²) in [7, 11) is 5.19. The first-order chi connectivity index (χ1) is 7.72. The molecule has 0 saturated heterocycles. The second-order valence-electron chi connectivity index (χ2n) is 3.34. The molecule has 1 radical (unpaired) electrons. The number of rotatable bonds is 8. The molecule has 0 atom stereocenters. The summed E-state index contributed by atoms with van der Waals surface area (Å²) in [5.74, 6) is 0.0965.